The highest BCUT2D eigenvalue weighted by atomic mass is 16.5. The molecule has 2 N–H and O–H groups in total. The Hall–Kier alpha value is -3.02. The van der Waals surface area contributed by atoms with Crippen LogP contribution >= 0.6 is 0 Å². The Kier molecular flexibility index (Phi) is 5.78. The van der Waals surface area contributed by atoms with Crippen LogP contribution in [0.3, 0.4) is 0 Å². The maximum Gasteiger partial charge on any atom is 0.243 e. The number of methoxy groups -OCH3 is 2. The summed E-state index contributed by atoms with van der Waals surface area (Å²) in [6.07, 6.45) is 0. The van der Waals surface area contributed by atoms with Gasteiger partial charge in [0.15, 0.2) is 17.3 Å². The molecule has 1 amide bonds. The zero-order valence-electron chi connectivity index (χ0n) is 13.9. The molecule has 6 heteroatoms. The molecule has 0 radical (unpaired) electrons. The number of amides is 1. The van der Waals surface area contributed by atoms with E-state index in [4.69, 9.17) is 9.47 Å². The zero-order valence-corrected chi connectivity index (χ0v) is 13.9. The van der Waals surface area contributed by atoms with Crippen molar-refractivity contribution in [1.29, 1.82) is 0 Å². The van der Waals surface area contributed by atoms with Gasteiger partial charge >= 0.3 is 0 Å². The summed E-state index contributed by atoms with van der Waals surface area (Å²) in [7, 11) is 3.09. The third-order valence-corrected chi connectivity index (χ3v) is 3.41. The topological polar surface area (TPSA) is 76.7 Å². The first-order chi connectivity index (χ1) is 11.5. The number of Topliss-reactive ketones (excluding diaryl/α,β-unsaturated/α-hetero) is 1. The molecule has 6 nitrogen and oxygen atoms in total. The normalized spacial score (nSPS) is 9.96. The summed E-state index contributed by atoms with van der Waals surface area (Å²) >= 11 is 0. The van der Waals surface area contributed by atoms with Gasteiger partial charge in [-0.1, -0.05) is 0 Å². The summed E-state index contributed by atoms with van der Waals surface area (Å²) in [5.74, 6) is 0.952. The van der Waals surface area contributed by atoms with Crippen LogP contribution in [0.15, 0.2) is 42.5 Å². The average Bonchev–Trinajstić information content (AvgIpc) is 2.60. The molecule has 0 aliphatic rings. The molecule has 0 saturated carbocycles. The maximum atomic E-state index is 12.0. The Bertz CT molecular complexity index is 726. The minimum Gasteiger partial charge on any atom is -0.493 e. The van der Waals surface area contributed by atoms with Crippen molar-refractivity contribution in [2.45, 2.75) is 6.92 Å². The van der Waals surface area contributed by atoms with E-state index in [-0.39, 0.29) is 18.2 Å². The van der Waals surface area contributed by atoms with Gasteiger partial charge in [-0.05, 0) is 43.3 Å². The first kappa shape index (κ1) is 17.3. The lowest BCUT2D eigenvalue weighted by Crippen LogP contribution is -2.21. The predicted octanol–water partition coefficient (Wildman–Crippen LogP) is 2.96. The molecule has 0 atom stereocenters. The number of carbonyl (C=O) groups is 2. The highest BCUT2D eigenvalue weighted by molar-refractivity contribution is 5.95. The van der Waals surface area contributed by atoms with Crippen LogP contribution in [-0.2, 0) is 4.79 Å². The third-order valence-electron chi connectivity index (χ3n) is 3.41. The van der Waals surface area contributed by atoms with E-state index in [0.29, 0.717) is 22.7 Å². The van der Waals surface area contributed by atoms with Gasteiger partial charge in [0.05, 0.1) is 20.8 Å². The molecule has 0 aromatic heterocycles. The van der Waals surface area contributed by atoms with Gasteiger partial charge in [-0.15, -0.1) is 0 Å². The average molecular weight is 328 g/mol. The molecule has 126 valence electrons. The molecular formula is C18H20N2O4. The van der Waals surface area contributed by atoms with E-state index in [1.165, 1.54) is 14.0 Å². The quantitative estimate of drug-likeness (QED) is 0.764. The lowest BCUT2D eigenvalue weighted by Gasteiger charge is -2.11. The predicted molar refractivity (Wildman–Crippen MR) is 93.1 cm³/mol. The van der Waals surface area contributed by atoms with Crippen LogP contribution in [0.25, 0.3) is 0 Å². The summed E-state index contributed by atoms with van der Waals surface area (Å²) in [6, 6.07) is 12.1. The van der Waals surface area contributed by atoms with Crippen molar-refractivity contribution in [3.8, 4) is 11.5 Å². The van der Waals surface area contributed by atoms with E-state index in [1.54, 1.807) is 49.6 Å². The van der Waals surface area contributed by atoms with Gasteiger partial charge in [0.25, 0.3) is 0 Å². The van der Waals surface area contributed by atoms with E-state index in [2.05, 4.69) is 10.6 Å². The van der Waals surface area contributed by atoms with Crippen LogP contribution in [0.5, 0.6) is 11.5 Å². The fourth-order valence-electron chi connectivity index (χ4n) is 2.12. The minimum atomic E-state index is -0.196. The second kappa shape index (κ2) is 8.01. The molecule has 2 rings (SSSR count). The van der Waals surface area contributed by atoms with Crippen molar-refractivity contribution in [1.82, 2.24) is 0 Å². The first-order valence-electron chi connectivity index (χ1n) is 7.40. The molecule has 0 spiro atoms. The van der Waals surface area contributed by atoms with Gasteiger partial charge in [0, 0.05) is 23.0 Å². The largest absolute Gasteiger partial charge is 0.493 e. The lowest BCUT2D eigenvalue weighted by atomic mass is 10.1. The monoisotopic (exact) mass is 328 g/mol. The van der Waals surface area contributed by atoms with Gasteiger partial charge in [-0.25, -0.2) is 0 Å². The van der Waals surface area contributed by atoms with Crippen LogP contribution < -0.4 is 20.1 Å². The molecule has 0 unspecified atom stereocenters. The fraction of sp³-hybridized carbons (Fsp3) is 0.222. The molecule has 0 bridgehead atoms. The lowest BCUT2D eigenvalue weighted by molar-refractivity contribution is -0.114. The molecule has 2 aromatic carbocycles. The summed E-state index contributed by atoms with van der Waals surface area (Å²) < 4.78 is 10.4. The highest BCUT2D eigenvalue weighted by Crippen LogP contribution is 2.29. The van der Waals surface area contributed by atoms with Crippen molar-refractivity contribution in [3.63, 3.8) is 0 Å². The van der Waals surface area contributed by atoms with E-state index in [0.717, 1.165) is 5.69 Å². The number of ketones is 1. The molecular weight excluding hydrogens is 308 g/mol. The van der Waals surface area contributed by atoms with E-state index in [9.17, 15) is 9.59 Å². The molecule has 0 aliphatic carbocycles. The Balaban J connectivity index is 1.92. The minimum absolute atomic E-state index is 0.00717. The Morgan fingerprint density at radius 1 is 0.917 bits per heavy atom. The number of anilines is 2. The van der Waals surface area contributed by atoms with E-state index < -0.39 is 0 Å². The molecule has 0 saturated heterocycles. The zero-order chi connectivity index (χ0) is 17.5. The van der Waals surface area contributed by atoms with Gasteiger partial charge < -0.3 is 20.1 Å². The highest BCUT2D eigenvalue weighted by Gasteiger charge is 2.07. The van der Waals surface area contributed by atoms with Crippen molar-refractivity contribution >= 4 is 23.1 Å². The first-order valence-corrected chi connectivity index (χ1v) is 7.40. The Labute approximate surface area is 140 Å². The van der Waals surface area contributed by atoms with Crippen molar-refractivity contribution in [3.05, 3.63) is 48.0 Å². The fourth-order valence-corrected chi connectivity index (χ4v) is 2.12. The van der Waals surface area contributed by atoms with Crippen LogP contribution in [0.4, 0.5) is 11.4 Å². The molecule has 0 aliphatic heterocycles. The molecule has 2 aromatic rings. The van der Waals surface area contributed by atoms with Crippen molar-refractivity contribution in [2.24, 2.45) is 0 Å². The van der Waals surface area contributed by atoms with Gasteiger partial charge in [-0.2, -0.15) is 0 Å². The SMILES string of the molecule is COc1ccc(NC(=O)CNc2ccc(C(C)=O)cc2)cc1OC. The Morgan fingerprint density at radius 2 is 1.54 bits per heavy atom. The summed E-state index contributed by atoms with van der Waals surface area (Å²) in [6.45, 7) is 1.62. The van der Waals surface area contributed by atoms with Gasteiger partial charge in [0.1, 0.15) is 0 Å². The smallest absolute Gasteiger partial charge is 0.243 e. The summed E-state index contributed by atoms with van der Waals surface area (Å²) in [5, 5.41) is 5.78. The second-order valence-electron chi connectivity index (χ2n) is 5.11. The molecule has 0 fully saturated rings. The van der Waals surface area contributed by atoms with Crippen LogP contribution in [-0.4, -0.2) is 32.5 Å². The van der Waals surface area contributed by atoms with E-state index in [1.807, 2.05) is 0 Å². The van der Waals surface area contributed by atoms with Crippen LogP contribution in [0.2, 0.25) is 0 Å². The van der Waals surface area contributed by atoms with Crippen LogP contribution in [0, 0.1) is 0 Å². The summed E-state index contributed by atoms with van der Waals surface area (Å²) in [5.41, 5.74) is 2.02. The maximum absolute atomic E-state index is 12.0. The van der Waals surface area contributed by atoms with E-state index >= 15 is 0 Å². The van der Waals surface area contributed by atoms with Gasteiger partial charge in [0.2, 0.25) is 5.91 Å². The van der Waals surface area contributed by atoms with Crippen LogP contribution in [0.1, 0.15) is 17.3 Å². The number of nitrogens with one attached hydrogen (secondary N) is 2. The molecule has 24 heavy (non-hydrogen) atoms. The third kappa shape index (κ3) is 4.49. The number of carbonyl (C=O) groups excluding carboxylic acids is 2. The number of benzene rings is 2. The van der Waals surface area contributed by atoms with Crippen molar-refractivity contribution < 1.29 is 19.1 Å². The Morgan fingerprint density at radius 3 is 2.12 bits per heavy atom. The number of hydrogen-bond donors (Lipinski definition) is 2. The number of ether oxygens (including phenoxy) is 2. The standard InChI is InChI=1S/C18H20N2O4/c1-12(21)13-4-6-14(7-5-13)19-11-18(22)20-15-8-9-16(23-2)17(10-15)24-3/h4-10,19H,11H2,1-3H3,(H,20,22). The number of rotatable bonds is 7. The molecule has 0 heterocycles. The number of hydrogen-bond acceptors (Lipinski definition) is 5. The van der Waals surface area contributed by atoms with Gasteiger partial charge in [-0.3, -0.25) is 9.59 Å². The second-order valence-corrected chi connectivity index (χ2v) is 5.11. The van der Waals surface area contributed by atoms with Crippen molar-refractivity contribution in [2.75, 3.05) is 31.4 Å². The summed E-state index contributed by atoms with van der Waals surface area (Å²) in [4.78, 5) is 23.2.